The third kappa shape index (κ3) is 4.28. The minimum absolute atomic E-state index is 0.116. The first-order valence-electron chi connectivity index (χ1n) is 10.4. The lowest BCUT2D eigenvalue weighted by molar-refractivity contribution is 0.0662. The Morgan fingerprint density at radius 3 is 2.56 bits per heavy atom. The van der Waals surface area contributed by atoms with E-state index >= 15 is 0 Å². The first kappa shape index (κ1) is 22.1. The lowest BCUT2D eigenvalue weighted by Crippen LogP contribution is -2.27. The molecule has 0 radical (unpaired) electrons. The van der Waals surface area contributed by atoms with Crippen LogP contribution in [0.2, 0.25) is 5.02 Å². The predicted molar refractivity (Wildman–Crippen MR) is 127 cm³/mol. The average molecular weight is 455 g/mol. The molecule has 4 rings (SSSR count). The molecule has 0 unspecified atom stereocenters. The van der Waals surface area contributed by atoms with E-state index in [1.165, 1.54) is 0 Å². The number of pyridine rings is 1. The van der Waals surface area contributed by atoms with Gasteiger partial charge in [0, 0.05) is 31.0 Å². The molecular weight excluding hydrogens is 428 g/mol. The molecule has 8 nitrogen and oxygen atoms in total. The van der Waals surface area contributed by atoms with Crippen molar-refractivity contribution in [2.75, 3.05) is 5.32 Å². The molecular formula is C23H27ClN6O2. The average Bonchev–Trinajstić information content (AvgIpc) is 3.17. The third-order valence-corrected chi connectivity index (χ3v) is 5.74. The van der Waals surface area contributed by atoms with Crippen molar-refractivity contribution >= 4 is 34.0 Å². The Balaban J connectivity index is 1.71. The van der Waals surface area contributed by atoms with Gasteiger partial charge in [-0.3, -0.25) is 9.13 Å². The molecule has 0 amide bonds. The molecule has 0 aliphatic carbocycles. The molecule has 3 aromatic heterocycles. The summed E-state index contributed by atoms with van der Waals surface area (Å²) in [6.07, 6.45) is 2.06. The fourth-order valence-corrected chi connectivity index (χ4v) is 3.90. The summed E-state index contributed by atoms with van der Waals surface area (Å²) in [7, 11) is 1.75. The number of hydrogen-bond donors (Lipinski definition) is 2. The molecule has 2 N–H and O–H groups in total. The van der Waals surface area contributed by atoms with Crippen LogP contribution in [0.1, 0.15) is 31.7 Å². The molecule has 0 saturated heterocycles. The first-order valence-corrected chi connectivity index (χ1v) is 10.8. The van der Waals surface area contributed by atoms with E-state index in [1.807, 2.05) is 44.2 Å². The van der Waals surface area contributed by atoms with E-state index in [1.54, 1.807) is 40.9 Å². The van der Waals surface area contributed by atoms with E-state index in [0.717, 1.165) is 28.1 Å². The van der Waals surface area contributed by atoms with Gasteiger partial charge in [-0.15, -0.1) is 0 Å². The van der Waals surface area contributed by atoms with Gasteiger partial charge in [-0.2, -0.15) is 5.10 Å². The molecule has 0 spiro atoms. The fraction of sp³-hybridized carbons (Fsp3) is 0.348. The molecule has 168 valence electrons. The second-order valence-corrected chi connectivity index (χ2v) is 9.15. The first-order chi connectivity index (χ1) is 15.0. The minimum atomic E-state index is -0.860. The monoisotopic (exact) mass is 454 g/mol. The van der Waals surface area contributed by atoms with E-state index in [-0.39, 0.29) is 5.69 Å². The number of nitrogens with one attached hydrogen (secondary N) is 1. The Bertz CT molecular complexity index is 1360. The standard InChI is InChI=1S/C23H27ClN6O2/c1-14-10-15(2)30(27-14)21-12-18(17(24)13-25-21)26-16-6-7-19-20(11-16)29(22(31)28(19)5)9-8-23(3,4)32/h6-7,10-13,32H,8-9H2,1-5H3,(H,25,26). The third-order valence-electron chi connectivity index (χ3n) is 5.44. The molecule has 0 bridgehead atoms. The zero-order valence-electron chi connectivity index (χ0n) is 18.8. The highest BCUT2D eigenvalue weighted by Crippen LogP contribution is 2.28. The van der Waals surface area contributed by atoms with Crippen LogP contribution in [0.15, 0.2) is 41.3 Å². The van der Waals surface area contributed by atoms with Crippen molar-refractivity contribution in [3.8, 4) is 5.82 Å². The van der Waals surface area contributed by atoms with Crippen molar-refractivity contribution in [3.05, 3.63) is 63.4 Å². The van der Waals surface area contributed by atoms with Crippen LogP contribution < -0.4 is 11.0 Å². The number of nitrogens with zero attached hydrogens (tertiary/aromatic N) is 5. The van der Waals surface area contributed by atoms with Crippen molar-refractivity contribution in [1.82, 2.24) is 23.9 Å². The summed E-state index contributed by atoms with van der Waals surface area (Å²) >= 11 is 6.42. The van der Waals surface area contributed by atoms with E-state index in [4.69, 9.17) is 11.6 Å². The van der Waals surface area contributed by atoms with Gasteiger partial charge < -0.3 is 10.4 Å². The number of aliphatic hydroxyl groups is 1. The van der Waals surface area contributed by atoms with Gasteiger partial charge in [-0.1, -0.05) is 11.6 Å². The van der Waals surface area contributed by atoms with Gasteiger partial charge in [0.1, 0.15) is 0 Å². The lowest BCUT2D eigenvalue weighted by atomic mass is 10.1. The lowest BCUT2D eigenvalue weighted by Gasteiger charge is -2.17. The van der Waals surface area contributed by atoms with Crippen LogP contribution in [0.5, 0.6) is 0 Å². The Labute approximate surface area is 191 Å². The van der Waals surface area contributed by atoms with E-state index in [0.29, 0.717) is 29.5 Å². The second kappa shape index (κ2) is 8.11. The maximum Gasteiger partial charge on any atom is 0.328 e. The summed E-state index contributed by atoms with van der Waals surface area (Å²) in [6, 6.07) is 9.55. The number of hydrogen-bond acceptors (Lipinski definition) is 5. The molecule has 0 aliphatic rings. The van der Waals surface area contributed by atoms with Crippen molar-refractivity contribution in [3.63, 3.8) is 0 Å². The molecule has 0 atom stereocenters. The van der Waals surface area contributed by atoms with Gasteiger partial charge in [0.05, 0.1) is 39.2 Å². The highest BCUT2D eigenvalue weighted by molar-refractivity contribution is 6.33. The Morgan fingerprint density at radius 2 is 1.91 bits per heavy atom. The van der Waals surface area contributed by atoms with Crippen LogP contribution in [0.4, 0.5) is 11.4 Å². The molecule has 3 heterocycles. The SMILES string of the molecule is Cc1cc(C)n(-c2cc(Nc3ccc4c(c3)n(CCC(C)(C)O)c(=O)n4C)c(Cl)cn2)n1. The van der Waals surface area contributed by atoms with Crippen molar-refractivity contribution in [2.45, 2.75) is 46.3 Å². The summed E-state index contributed by atoms with van der Waals surface area (Å²) < 4.78 is 5.07. The minimum Gasteiger partial charge on any atom is -0.390 e. The Hall–Kier alpha value is -3.10. The maximum absolute atomic E-state index is 12.7. The van der Waals surface area contributed by atoms with Crippen molar-refractivity contribution in [1.29, 1.82) is 0 Å². The number of fused-ring (bicyclic) bond motifs is 1. The molecule has 0 fully saturated rings. The summed E-state index contributed by atoms with van der Waals surface area (Å²) in [5.41, 5.74) is 3.99. The second-order valence-electron chi connectivity index (χ2n) is 8.75. The molecule has 4 aromatic rings. The van der Waals surface area contributed by atoms with E-state index < -0.39 is 5.60 Å². The fourth-order valence-electron chi connectivity index (χ4n) is 3.75. The molecule has 1 aromatic carbocycles. The summed E-state index contributed by atoms with van der Waals surface area (Å²) in [6.45, 7) is 7.80. The number of aryl methyl sites for hydroxylation is 4. The van der Waals surface area contributed by atoms with Gasteiger partial charge in [0.2, 0.25) is 0 Å². The number of benzene rings is 1. The maximum atomic E-state index is 12.7. The number of imidazole rings is 1. The van der Waals surface area contributed by atoms with Gasteiger partial charge in [-0.05, 0) is 58.4 Å². The predicted octanol–water partition coefficient (Wildman–Crippen LogP) is 4.10. The van der Waals surface area contributed by atoms with Crippen LogP contribution in [-0.4, -0.2) is 34.6 Å². The summed E-state index contributed by atoms with van der Waals surface area (Å²) in [5, 5.41) is 18.4. The molecule has 9 heteroatoms. The molecule has 32 heavy (non-hydrogen) atoms. The van der Waals surface area contributed by atoms with Gasteiger partial charge in [0.25, 0.3) is 0 Å². The Morgan fingerprint density at radius 1 is 1.16 bits per heavy atom. The summed E-state index contributed by atoms with van der Waals surface area (Å²) in [4.78, 5) is 17.2. The number of halogens is 1. The number of aromatic nitrogens is 5. The highest BCUT2D eigenvalue weighted by Gasteiger charge is 2.17. The van der Waals surface area contributed by atoms with E-state index in [9.17, 15) is 9.90 Å². The zero-order chi connectivity index (χ0) is 23.2. The van der Waals surface area contributed by atoms with Crippen molar-refractivity contribution < 1.29 is 5.11 Å². The van der Waals surface area contributed by atoms with Gasteiger partial charge in [0.15, 0.2) is 5.82 Å². The number of anilines is 2. The Kier molecular flexibility index (Phi) is 5.60. The van der Waals surface area contributed by atoms with Crippen LogP contribution in [-0.2, 0) is 13.6 Å². The van der Waals surface area contributed by atoms with E-state index in [2.05, 4.69) is 15.4 Å². The zero-order valence-corrected chi connectivity index (χ0v) is 19.6. The van der Waals surface area contributed by atoms with Crippen LogP contribution >= 0.6 is 11.6 Å². The van der Waals surface area contributed by atoms with Gasteiger partial charge >= 0.3 is 5.69 Å². The van der Waals surface area contributed by atoms with Crippen LogP contribution in [0.25, 0.3) is 16.9 Å². The molecule has 0 saturated carbocycles. The topological polar surface area (TPSA) is 89.9 Å². The summed E-state index contributed by atoms with van der Waals surface area (Å²) in [5.74, 6) is 0.658. The van der Waals surface area contributed by atoms with Crippen molar-refractivity contribution in [2.24, 2.45) is 7.05 Å². The number of rotatable bonds is 6. The highest BCUT2D eigenvalue weighted by atomic mass is 35.5. The van der Waals surface area contributed by atoms with Crippen LogP contribution in [0.3, 0.4) is 0 Å². The largest absolute Gasteiger partial charge is 0.390 e. The quantitative estimate of drug-likeness (QED) is 0.458. The van der Waals surface area contributed by atoms with Crippen LogP contribution in [0, 0.1) is 13.8 Å². The molecule has 0 aliphatic heterocycles. The normalized spacial score (nSPS) is 12.0. The smallest absolute Gasteiger partial charge is 0.328 e. The van der Waals surface area contributed by atoms with Gasteiger partial charge in [-0.25, -0.2) is 14.5 Å².